The smallest absolute Gasteiger partial charge is 0.407 e. The number of nitrogens with zero attached hydrogens (tertiary/aromatic N) is 1. The van der Waals surface area contributed by atoms with Crippen molar-refractivity contribution in [3.05, 3.63) is 23.8 Å². The SMILES string of the molecule is Cc1cc(N)ccc1NC(O)CN1CCC(NC(=O)OC(C)(C)C)C1. The quantitative estimate of drug-likeness (QED) is 0.478. The van der Waals surface area contributed by atoms with Crippen LogP contribution in [0.3, 0.4) is 0 Å². The standard InChI is InChI=1S/C18H30N4O3/c1-12-9-13(19)5-6-15(12)21-16(23)11-22-8-7-14(10-22)20-17(24)25-18(2,3)4/h5-6,9,14,16,21,23H,7-8,10-11,19H2,1-4H3,(H,20,24). The Bertz CT molecular complexity index is 600. The summed E-state index contributed by atoms with van der Waals surface area (Å²) in [4.78, 5) is 13.9. The maximum Gasteiger partial charge on any atom is 0.407 e. The third kappa shape index (κ3) is 6.43. The van der Waals surface area contributed by atoms with Crippen molar-refractivity contribution in [2.45, 2.75) is 52.0 Å². The molecule has 1 aliphatic heterocycles. The van der Waals surface area contributed by atoms with E-state index in [0.29, 0.717) is 18.8 Å². The maximum atomic E-state index is 11.8. The normalized spacial score (nSPS) is 19.5. The number of nitrogen functional groups attached to an aromatic ring is 1. The molecule has 7 nitrogen and oxygen atoms in total. The van der Waals surface area contributed by atoms with Gasteiger partial charge in [-0.2, -0.15) is 0 Å². The number of rotatable bonds is 5. The summed E-state index contributed by atoms with van der Waals surface area (Å²) >= 11 is 0. The molecule has 7 heteroatoms. The number of benzene rings is 1. The number of aliphatic hydroxyl groups excluding tert-OH is 1. The first-order valence-corrected chi connectivity index (χ1v) is 8.65. The van der Waals surface area contributed by atoms with E-state index in [1.807, 2.05) is 39.8 Å². The van der Waals surface area contributed by atoms with Crippen molar-refractivity contribution in [2.75, 3.05) is 30.7 Å². The van der Waals surface area contributed by atoms with E-state index in [4.69, 9.17) is 10.5 Å². The number of ether oxygens (including phenoxy) is 1. The van der Waals surface area contributed by atoms with Gasteiger partial charge in [-0.05, 0) is 57.9 Å². The molecule has 0 radical (unpaired) electrons. The van der Waals surface area contributed by atoms with Gasteiger partial charge in [0.1, 0.15) is 11.8 Å². The lowest BCUT2D eigenvalue weighted by Gasteiger charge is -2.23. The number of alkyl carbamates (subject to hydrolysis) is 1. The summed E-state index contributed by atoms with van der Waals surface area (Å²) < 4.78 is 5.28. The number of nitrogens with two attached hydrogens (primary N) is 1. The van der Waals surface area contributed by atoms with Gasteiger partial charge in [-0.15, -0.1) is 0 Å². The van der Waals surface area contributed by atoms with Gasteiger partial charge in [-0.1, -0.05) is 0 Å². The molecule has 5 N–H and O–H groups in total. The van der Waals surface area contributed by atoms with E-state index in [2.05, 4.69) is 15.5 Å². The summed E-state index contributed by atoms with van der Waals surface area (Å²) in [6.45, 7) is 9.47. The van der Waals surface area contributed by atoms with Crippen LogP contribution in [0.25, 0.3) is 0 Å². The second-order valence-electron chi connectivity index (χ2n) is 7.63. The lowest BCUT2D eigenvalue weighted by atomic mass is 10.2. The highest BCUT2D eigenvalue weighted by molar-refractivity contribution is 5.68. The largest absolute Gasteiger partial charge is 0.444 e. The Morgan fingerprint density at radius 2 is 2.20 bits per heavy atom. The Morgan fingerprint density at radius 3 is 2.84 bits per heavy atom. The van der Waals surface area contributed by atoms with Crippen LogP contribution in [0.5, 0.6) is 0 Å². The molecule has 1 saturated heterocycles. The molecule has 1 aromatic carbocycles. The zero-order valence-corrected chi connectivity index (χ0v) is 15.5. The molecule has 0 bridgehead atoms. The van der Waals surface area contributed by atoms with Gasteiger partial charge in [-0.25, -0.2) is 4.79 Å². The number of aryl methyl sites for hydroxylation is 1. The molecule has 1 fully saturated rings. The molecule has 0 aromatic heterocycles. The first-order valence-electron chi connectivity index (χ1n) is 8.65. The molecule has 2 rings (SSSR count). The number of hydrogen-bond donors (Lipinski definition) is 4. The van der Waals surface area contributed by atoms with E-state index >= 15 is 0 Å². The van der Waals surface area contributed by atoms with Crippen LogP contribution in [0.1, 0.15) is 32.8 Å². The second kappa shape index (κ2) is 7.93. The van der Waals surface area contributed by atoms with Crippen LogP contribution >= 0.6 is 0 Å². The van der Waals surface area contributed by atoms with Crippen LogP contribution in [-0.2, 0) is 4.74 Å². The Kier molecular flexibility index (Phi) is 6.13. The number of carbonyl (C=O) groups excluding carboxylic acids is 1. The van der Waals surface area contributed by atoms with E-state index < -0.39 is 17.9 Å². The number of β-amino-alcohol motifs (C(OH)–C–C–N with tert-alkyl or cyclic N) is 1. The number of amides is 1. The average molecular weight is 350 g/mol. The summed E-state index contributed by atoms with van der Waals surface area (Å²) in [5, 5.41) is 16.3. The van der Waals surface area contributed by atoms with Gasteiger partial charge in [0.2, 0.25) is 0 Å². The van der Waals surface area contributed by atoms with Crippen molar-refractivity contribution in [3.63, 3.8) is 0 Å². The van der Waals surface area contributed by atoms with E-state index in [1.54, 1.807) is 6.07 Å². The minimum Gasteiger partial charge on any atom is -0.444 e. The fourth-order valence-electron chi connectivity index (χ4n) is 2.91. The van der Waals surface area contributed by atoms with Gasteiger partial charge >= 0.3 is 6.09 Å². The van der Waals surface area contributed by atoms with Crippen molar-refractivity contribution in [2.24, 2.45) is 0 Å². The van der Waals surface area contributed by atoms with Gasteiger partial charge in [0.05, 0.1) is 0 Å². The number of aliphatic hydroxyl groups is 1. The highest BCUT2D eigenvalue weighted by Crippen LogP contribution is 2.19. The predicted octanol–water partition coefficient (Wildman–Crippen LogP) is 1.91. The maximum absolute atomic E-state index is 11.8. The Morgan fingerprint density at radius 1 is 1.48 bits per heavy atom. The zero-order chi connectivity index (χ0) is 18.6. The summed E-state index contributed by atoms with van der Waals surface area (Å²) in [5.41, 5.74) is 7.80. The number of anilines is 2. The van der Waals surface area contributed by atoms with E-state index in [-0.39, 0.29) is 6.04 Å². The van der Waals surface area contributed by atoms with Gasteiger partial charge in [0, 0.05) is 37.1 Å². The molecule has 140 valence electrons. The molecule has 1 amide bonds. The fraction of sp³-hybridized carbons (Fsp3) is 0.611. The summed E-state index contributed by atoms with van der Waals surface area (Å²) in [6, 6.07) is 5.58. The third-order valence-electron chi connectivity index (χ3n) is 4.00. The first-order chi connectivity index (χ1) is 11.6. The van der Waals surface area contributed by atoms with Crippen LogP contribution in [0, 0.1) is 6.92 Å². The second-order valence-corrected chi connectivity index (χ2v) is 7.63. The minimum absolute atomic E-state index is 0.0420. The summed E-state index contributed by atoms with van der Waals surface area (Å²) in [6.07, 6.45) is -0.245. The predicted molar refractivity (Wildman–Crippen MR) is 99.4 cm³/mol. The zero-order valence-electron chi connectivity index (χ0n) is 15.5. The highest BCUT2D eigenvalue weighted by Gasteiger charge is 2.27. The van der Waals surface area contributed by atoms with Gasteiger partial charge in [-0.3, -0.25) is 4.90 Å². The highest BCUT2D eigenvalue weighted by atomic mass is 16.6. The lowest BCUT2D eigenvalue weighted by molar-refractivity contribution is 0.0505. The molecule has 1 aliphatic rings. The number of carbonyl (C=O) groups is 1. The van der Waals surface area contributed by atoms with Gasteiger partial charge in [0.25, 0.3) is 0 Å². The van der Waals surface area contributed by atoms with Crippen LogP contribution in [0.15, 0.2) is 18.2 Å². The topological polar surface area (TPSA) is 99.9 Å². The molecule has 0 saturated carbocycles. The first kappa shape index (κ1) is 19.3. The molecule has 0 aliphatic carbocycles. The van der Waals surface area contributed by atoms with Crippen molar-refractivity contribution in [1.29, 1.82) is 0 Å². The van der Waals surface area contributed by atoms with E-state index in [0.717, 1.165) is 24.2 Å². The van der Waals surface area contributed by atoms with Crippen molar-refractivity contribution >= 4 is 17.5 Å². The molecular formula is C18H30N4O3. The Labute approximate surface area is 149 Å². The number of likely N-dealkylation sites (tertiary alicyclic amines) is 1. The third-order valence-corrected chi connectivity index (χ3v) is 4.00. The van der Waals surface area contributed by atoms with Crippen molar-refractivity contribution in [1.82, 2.24) is 10.2 Å². The lowest BCUT2D eigenvalue weighted by Crippen LogP contribution is -2.42. The monoisotopic (exact) mass is 350 g/mol. The van der Waals surface area contributed by atoms with Crippen molar-refractivity contribution in [3.8, 4) is 0 Å². The van der Waals surface area contributed by atoms with Crippen molar-refractivity contribution < 1.29 is 14.6 Å². The van der Waals surface area contributed by atoms with Crippen LogP contribution in [0.2, 0.25) is 0 Å². The molecule has 1 heterocycles. The average Bonchev–Trinajstić information content (AvgIpc) is 2.86. The van der Waals surface area contributed by atoms with Gasteiger partial charge < -0.3 is 26.2 Å². The molecule has 0 spiro atoms. The van der Waals surface area contributed by atoms with Crippen LogP contribution < -0.4 is 16.4 Å². The fourth-order valence-corrected chi connectivity index (χ4v) is 2.91. The minimum atomic E-state index is -0.692. The molecule has 2 atom stereocenters. The number of nitrogens with one attached hydrogen (secondary N) is 2. The Balaban J connectivity index is 1.77. The molecule has 25 heavy (non-hydrogen) atoms. The summed E-state index contributed by atoms with van der Waals surface area (Å²) in [7, 11) is 0. The van der Waals surface area contributed by atoms with E-state index in [9.17, 15) is 9.90 Å². The summed E-state index contributed by atoms with van der Waals surface area (Å²) in [5.74, 6) is 0. The van der Waals surface area contributed by atoms with Gasteiger partial charge in [0.15, 0.2) is 0 Å². The van der Waals surface area contributed by atoms with Crippen LogP contribution in [-0.4, -0.2) is 53.6 Å². The van der Waals surface area contributed by atoms with E-state index in [1.165, 1.54) is 0 Å². The molecule has 2 unspecified atom stereocenters. The van der Waals surface area contributed by atoms with Crippen LogP contribution in [0.4, 0.5) is 16.2 Å². The molecule has 1 aromatic rings. The Hall–Kier alpha value is -1.99. The number of hydrogen-bond acceptors (Lipinski definition) is 6. The molecular weight excluding hydrogens is 320 g/mol.